The van der Waals surface area contributed by atoms with Crippen LogP contribution in [-0.2, 0) is 0 Å². The highest BCUT2D eigenvalue weighted by Gasteiger charge is 2.10. The molecule has 13 heavy (non-hydrogen) atoms. The Labute approximate surface area is 81.3 Å². The van der Waals surface area contributed by atoms with Gasteiger partial charge in [-0.05, 0) is 6.42 Å². The van der Waals surface area contributed by atoms with Crippen LogP contribution < -0.4 is 5.32 Å². The Hall–Kier alpha value is -1.16. The van der Waals surface area contributed by atoms with Crippen LogP contribution >= 0.6 is 11.6 Å². The van der Waals surface area contributed by atoms with Crippen molar-refractivity contribution in [2.24, 2.45) is 0 Å². The molecule has 0 aliphatic carbocycles. The van der Waals surface area contributed by atoms with Gasteiger partial charge in [0.15, 0.2) is 10.8 Å². The summed E-state index contributed by atoms with van der Waals surface area (Å²) < 4.78 is 0. The lowest BCUT2D eigenvalue weighted by molar-refractivity contribution is 0.0948. The minimum Gasteiger partial charge on any atom is -0.351 e. The molecule has 0 bridgehead atoms. The third-order valence-electron chi connectivity index (χ3n) is 1.40. The summed E-state index contributed by atoms with van der Waals surface area (Å²) in [5.74, 6) is -0.278. The Morgan fingerprint density at radius 1 is 1.54 bits per heavy atom. The van der Waals surface area contributed by atoms with Gasteiger partial charge in [0.05, 0.1) is 0 Å². The minimum absolute atomic E-state index is 0.135. The van der Waals surface area contributed by atoms with Crippen LogP contribution in [0.15, 0.2) is 12.4 Å². The first-order valence-corrected chi connectivity index (χ1v) is 4.38. The molecule has 1 heterocycles. The molecular formula is C8H10ClN3O. The summed E-state index contributed by atoms with van der Waals surface area (Å²) in [6.07, 6.45) is 3.76. The van der Waals surface area contributed by atoms with E-state index in [1.807, 2.05) is 6.92 Å². The highest BCUT2D eigenvalue weighted by Crippen LogP contribution is 2.07. The van der Waals surface area contributed by atoms with Gasteiger partial charge in [-0.2, -0.15) is 0 Å². The number of aromatic nitrogens is 2. The lowest BCUT2D eigenvalue weighted by Gasteiger charge is -2.02. The van der Waals surface area contributed by atoms with E-state index in [1.165, 1.54) is 12.4 Å². The van der Waals surface area contributed by atoms with Crippen molar-refractivity contribution in [3.63, 3.8) is 0 Å². The summed E-state index contributed by atoms with van der Waals surface area (Å²) >= 11 is 5.66. The van der Waals surface area contributed by atoms with Crippen LogP contribution in [0.2, 0.25) is 5.15 Å². The molecule has 0 atom stereocenters. The molecule has 0 saturated carbocycles. The van der Waals surface area contributed by atoms with E-state index in [2.05, 4.69) is 15.3 Å². The number of hydrogen-bond acceptors (Lipinski definition) is 3. The average Bonchev–Trinajstić information content (AvgIpc) is 2.15. The summed E-state index contributed by atoms with van der Waals surface area (Å²) in [7, 11) is 0. The van der Waals surface area contributed by atoms with Gasteiger partial charge in [-0.3, -0.25) is 4.79 Å². The van der Waals surface area contributed by atoms with E-state index in [-0.39, 0.29) is 16.8 Å². The first-order valence-electron chi connectivity index (χ1n) is 4.00. The van der Waals surface area contributed by atoms with Gasteiger partial charge in [0.1, 0.15) is 0 Å². The van der Waals surface area contributed by atoms with Gasteiger partial charge in [-0.1, -0.05) is 18.5 Å². The van der Waals surface area contributed by atoms with Crippen molar-refractivity contribution in [2.75, 3.05) is 6.54 Å². The molecule has 5 heteroatoms. The minimum atomic E-state index is -0.278. The van der Waals surface area contributed by atoms with Crippen molar-refractivity contribution >= 4 is 17.5 Å². The highest BCUT2D eigenvalue weighted by molar-refractivity contribution is 6.32. The molecule has 0 aliphatic rings. The third-order valence-corrected chi connectivity index (χ3v) is 1.68. The third kappa shape index (κ3) is 2.66. The molecule has 0 fully saturated rings. The second kappa shape index (κ2) is 4.77. The summed E-state index contributed by atoms with van der Waals surface area (Å²) in [4.78, 5) is 18.9. The molecule has 0 aliphatic heterocycles. The fraction of sp³-hybridized carbons (Fsp3) is 0.375. The SMILES string of the molecule is CCCNC(=O)c1nccnc1Cl. The van der Waals surface area contributed by atoms with E-state index in [9.17, 15) is 4.79 Å². The summed E-state index contributed by atoms with van der Waals surface area (Å²) in [6.45, 7) is 2.59. The second-order valence-corrected chi connectivity index (χ2v) is 2.81. The van der Waals surface area contributed by atoms with E-state index in [1.54, 1.807) is 0 Å². The molecule has 0 spiro atoms. The molecule has 0 aromatic carbocycles. The van der Waals surface area contributed by atoms with Gasteiger partial charge in [-0.15, -0.1) is 0 Å². The number of carbonyl (C=O) groups excluding carboxylic acids is 1. The van der Waals surface area contributed by atoms with Crippen molar-refractivity contribution in [2.45, 2.75) is 13.3 Å². The molecule has 1 aromatic rings. The van der Waals surface area contributed by atoms with Gasteiger partial charge in [0.25, 0.3) is 5.91 Å². The van der Waals surface area contributed by atoms with Crippen LogP contribution in [0.4, 0.5) is 0 Å². The summed E-state index contributed by atoms with van der Waals surface area (Å²) in [5, 5.41) is 2.80. The number of amides is 1. The molecule has 0 radical (unpaired) electrons. The molecule has 0 saturated heterocycles. The molecule has 70 valence electrons. The number of rotatable bonds is 3. The van der Waals surface area contributed by atoms with Gasteiger partial charge in [0, 0.05) is 18.9 Å². The molecule has 1 aromatic heterocycles. The zero-order valence-electron chi connectivity index (χ0n) is 7.25. The molecule has 1 amide bonds. The van der Waals surface area contributed by atoms with Crippen LogP contribution in [0.1, 0.15) is 23.8 Å². The molecule has 0 unspecified atom stereocenters. The van der Waals surface area contributed by atoms with E-state index in [0.29, 0.717) is 6.54 Å². The van der Waals surface area contributed by atoms with Crippen molar-refractivity contribution in [1.82, 2.24) is 15.3 Å². The summed E-state index contributed by atoms with van der Waals surface area (Å²) in [5.41, 5.74) is 0.178. The Balaban J connectivity index is 2.71. The first-order chi connectivity index (χ1) is 6.25. The Morgan fingerprint density at radius 2 is 2.23 bits per heavy atom. The standard InChI is InChI=1S/C8H10ClN3O/c1-2-3-12-8(13)6-7(9)11-5-4-10-6/h4-5H,2-3H2,1H3,(H,12,13). The van der Waals surface area contributed by atoms with Gasteiger partial charge >= 0.3 is 0 Å². The van der Waals surface area contributed by atoms with Crippen LogP contribution in [0.25, 0.3) is 0 Å². The number of carbonyl (C=O) groups is 1. The van der Waals surface area contributed by atoms with Crippen molar-refractivity contribution in [3.05, 3.63) is 23.2 Å². The van der Waals surface area contributed by atoms with Gasteiger partial charge in [0.2, 0.25) is 0 Å². The summed E-state index contributed by atoms with van der Waals surface area (Å²) in [6, 6.07) is 0. The smallest absolute Gasteiger partial charge is 0.273 e. The lowest BCUT2D eigenvalue weighted by Crippen LogP contribution is -2.25. The normalized spacial score (nSPS) is 9.69. The molecule has 1 N–H and O–H groups in total. The van der Waals surface area contributed by atoms with Crippen LogP contribution in [0.3, 0.4) is 0 Å². The fourth-order valence-electron chi connectivity index (χ4n) is 0.796. The number of halogens is 1. The number of hydrogen-bond donors (Lipinski definition) is 1. The second-order valence-electron chi connectivity index (χ2n) is 2.45. The fourth-order valence-corrected chi connectivity index (χ4v) is 0.987. The maximum atomic E-state index is 11.3. The maximum Gasteiger partial charge on any atom is 0.273 e. The number of nitrogens with zero attached hydrogens (tertiary/aromatic N) is 2. The zero-order valence-corrected chi connectivity index (χ0v) is 8.01. The van der Waals surface area contributed by atoms with E-state index in [0.717, 1.165) is 6.42 Å². The highest BCUT2D eigenvalue weighted by atomic mass is 35.5. The van der Waals surface area contributed by atoms with Crippen LogP contribution in [0, 0.1) is 0 Å². The van der Waals surface area contributed by atoms with Gasteiger partial charge in [-0.25, -0.2) is 9.97 Å². The van der Waals surface area contributed by atoms with E-state index >= 15 is 0 Å². The molecular weight excluding hydrogens is 190 g/mol. The van der Waals surface area contributed by atoms with Crippen molar-refractivity contribution < 1.29 is 4.79 Å². The Morgan fingerprint density at radius 3 is 2.85 bits per heavy atom. The molecule has 1 rings (SSSR count). The Kier molecular flexibility index (Phi) is 3.64. The molecule has 4 nitrogen and oxygen atoms in total. The quantitative estimate of drug-likeness (QED) is 0.798. The van der Waals surface area contributed by atoms with Crippen molar-refractivity contribution in [3.8, 4) is 0 Å². The topological polar surface area (TPSA) is 54.9 Å². The monoisotopic (exact) mass is 199 g/mol. The van der Waals surface area contributed by atoms with Crippen LogP contribution in [-0.4, -0.2) is 22.4 Å². The average molecular weight is 200 g/mol. The van der Waals surface area contributed by atoms with Gasteiger partial charge < -0.3 is 5.32 Å². The lowest BCUT2D eigenvalue weighted by atomic mass is 10.4. The first kappa shape index (κ1) is 9.92. The predicted molar refractivity (Wildman–Crippen MR) is 49.7 cm³/mol. The largest absolute Gasteiger partial charge is 0.351 e. The predicted octanol–water partition coefficient (Wildman–Crippen LogP) is 1.27. The van der Waals surface area contributed by atoms with Crippen molar-refractivity contribution in [1.29, 1.82) is 0 Å². The van der Waals surface area contributed by atoms with Crippen LogP contribution in [0.5, 0.6) is 0 Å². The maximum absolute atomic E-state index is 11.3. The number of nitrogens with one attached hydrogen (secondary N) is 1. The Bertz CT molecular complexity index is 303. The van der Waals surface area contributed by atoms with E-state index < -0.39 is 0 Å². The zero-order chi connectivity index (χ0) is 9.68. The van der Waals surface area contributed by atoms with E-state index in [4.69, 9.17) is 11.6 Å².